The summed E-state index contributed by atoms with van der Waals surface area (Å²) in [4.78, 5) is 17.6. The fraction of sp³-hybridized carbons (Fsp3) is 0.278. The average Bonchev–Trinajstić information content (AvgIpc) is 3.47. The van der Waals surface area contributed by atoms with Crippen molar-refractivity contribution < 1.29 is 23.5 Å². The zero-order chi connectivity index (χ0) is 20.6. The summed E-state index contributed by atoms with van der Waals surface area (Å²) < 4.78 is 29.4. The van der Waals surface area contributed by atoms with Gasteiger partial charge >= 0.3 is 0 Å². The number of hydrogen-bond acceptors (Lipinski definition) is 4. The fourth-order valence-corrected chi connectivity index (χ4v) is 3.62. The van der Waals surface area contributed by atoms with Crippen molar-refractivity contribution in [2.24, 2.45) is 5.92 Å². The SMILES string of the molecule is CC(O)(ONC(=O)c1cc(Cl)c(F)c(F)c1Nc1ccc(I)cc1Cl)C1CC1. The first-order valence-electron chi connectivity index (χ1n) is 8.20. The Morgan fingerprint density at radius 3 is 2.54 bits per heavy atom. The molecule has 0 aromatic heterocycles. The highest BCUT2D eigenvalue weighted by molar-refractivity contribution is 14.1. The van der Waals surface area contributed by atoms with E-state index in [1.165, 1.54) is 6.92 Å². The van der Waals surface area contributed by atoms with E-state index in [0.717, 1.165) is 22.5 Å². The standard InChI is InChI=1S/C18H15Cl2F2IN2O3/c1-18(27,8-2-3-8)28-25-17(26)10-7-12(20)14(21)15(22)16(10)24-13-5-4-9(23)6-11(13)19/h4-8,24,27H,2-3H2,1H3,(H,25,26). The van der Waals surface area contributed by atoms with Crippen LogP contribution in [0.15, 0.2) is 24.3 Å². The molecule has 5 nitrogen and oxygen atoms in total. The van der Waals surface area contributed by atoms with Gasteiger partial charge in [-0.25, -0.2) is 19.1 Å². The van der Waals surface area contributed by atoms with Crippen LogP contribution in [0.4, 0.5) is 20.2 Å². The predicted molar refractivity (Wildman–Crippen MR) is 111 cm³/mol. The molecule has 3 rings (SSSR count). The molecule has 0 spiro atoms. The van der Waals surface area contributed by atoms with Crippen LogP contribution in [0.2, 0.25) is 10.0 Å². The van der Waals surface area contributed by atoms with Crippen LogP contribution in [0.3, 0.4) is 0 Å². The maximum absolute atomic E-state index is 14.6. The third kappa shape index (κ3) is 4.68. The zero-order valence-electron chi connectivity index (χ0n) is 14.5. The molecule has 0 saturated heterocycles. The second-order valence-corrected chi connectivity index (χ2v) is 8.58. The summed E-state index contributed by atoms with van der Waals surface area (Å²) in [5.41, 5.74) is 1.56. The van der Waals surface area contributed by atoms with E-state index in [2.05, 4.69) is 10.8 Å². The third-order valence-electron chi connectivity index (χ3n) is 4.28. The largest absolute Gasteiger partial charge is 0.364 e. The van der Waals surface area contributed by atoms with E-state index in [1.807, 2.05) is 22.6 Å². The summed E-state index contributed by atoms with van der Waals surface area (Å²) in [6, 6.07) is 5.85. The van der Waals surface area contributed by atoms with Crippen molar-refractivity contribution in [1.29, 1.82) is 0 Å². The van der Waals surface area contributed by atoms with Crippen LogP contribution in [-0.4, -0.2) is 16.8 Å². The maximum atomic E-state index is 14.6. The maximum Gasteiger partial charge on any atom is 0.277 e. The third-order valence-corrected chi connectivity index (χ3v) is 5.54. The Morgan fingerprint density at radius 2 is 1.93 bits per heavy atom. The van der Waals surface area contributed by atoms with Gasteiger partial charge < -0.3 is 10.4 Å². The van der Waals surface area contributed by atoms with E-state index in [4.69, 9.17) is 28.0 Å². The first kappa shape index (κ1) is 21.5. The molecule has 1 fully saturated rings. The Hall–Kier alpha value is -1.20. The van der Waals surface area contributed by atoms with Crippen molar-refractivity contribution in [3.8, 4) is 0 Å². The molecule has 1 unspecified atom stereocenters. The van der Waals surface area contributed by atoms with Gasteiger partial charge in [0.1, 0.15) is 0 Å². The van der Waals surface area contributed by atoms with Crippen molar-refractivity contribution in [1.82, 2.24) is 5.48 Å². The van der Waals surface area contributed by atoms with Crippen molar-refractivity contribution in [2.75, 3.05) is 5.32 Å². The molecule has 0 radical (unpaired) electrons. The molecule has 150 valence electrons. The first-order valence-corrected chi connectivity index (χ1v) is 10.0. The molecule has 3 N–H and O–H groups in total. The lowest BCUT2D eigenvalue weighted by Gasteiger charge is -2.23. The van der Waals surface area contributed by atoms with Gasteiger partial charge in [0.2, 0.25) is 0 Å². The molecule has 28 heavy (non-hydrogen) atoms. The number of carbonyl (C=O) groups is 1. The Balaban J connectivity index is 1.92. The number of amides is 1. The number of aliphatic hydroxyl groups is 1. The first-order chi connectivity index (χ1) is 13.1. The van der Waals surface area contributed by atoms with Crippen LogP contribution in [0.25, 0.3) is 0 Å². The topological polar surface area (TPSA) is 70.6 Å². The van der Waals surface area contributed by atoms with Crippen molar-refractivity contribution in [3.05, 3.63) is 55.1 Å². The van der Waals surface area contributed by atoms with Gasteiger partial charge in [-0.2, -0.15) is 0 Å². The van der Waals surface area contributed by atoms with Crippen LogP contribution in [0.1, 0.15) is 30.1 Å². The van der Waals surface area contributed by atoms with Crippen LogP contribution >= 0.6 is 45.8 Å². The van der Waals surface area contributed by atoms with Crippen LogP contribution < -0.4 is 10.8 Å². The van der Waals surface area contributed by atoms with Crippen molar-refractivity contribution >= 4 is 63.1 Å². The summed E-state index contributed by atoms with van der Waals surface area (Å²) in [5, 5.41) is 12.4. The van der Waals surface area contributed by atoms with Gasteiger partial charge in [0.15, 0.2) is 17.4 Å². The van der Waals surface area contributed by atoms with Crippen LogP contribution in [0, 0.1) is 21.1 Å². The van der Waals surface area contributed by atoms with E-state index in [9.17, 15) is 18.7 Å². The van der Waals surface area contributed by atoms with E-state index in [-0.39, 0.29) is 22.2 Å². The Labute approximate surface area is 183 Å². The van der Waals surface area contributed by atoms with Gasteiger partial charge in [0.25, 0.3) is 5.91 Å². The summed E-state index contributed by atoms with van der Waals surface area (Å²) in [6.07, 6.45) is 1.52. The van der Waals surface area contributed by atoms with Crippen molar-refractivity contribution in [3.63, 3.8) is 0 Å². The second kappa shape index (κ2) is 8.27. The van der Waals surface area contributed by atoms with Crippen molar-refractivity contribution in [2.45, 2.75) is 25.6 Å². The van der Waals surface area contributed by atoms with E-state index < -0.39 is 34.0 Å². The van der Waals surface area contributed by atoms with Gasteiger partial charge in [-0.15, -0.1) is 0 Å². The molecule has 1 atom stereocenters. The Kier molecular flexibility index (Phi) is 6.35. The number of halogens is 5. The number of hydroxylamine groups is 1. The molecule has 0 bridgehead atoms. The van der Waals surface area contributed by atoms with E-state index in [1.54, 1.807) is 18.2 Å². The molecule has 1 aliphatic carbocycles. The minimum Gasteiger partial charge on any atom is -0.364 e. The molecule has 1 amide bonds. The number of hydrogen-bond donors (Lipinski definition) is 3. The van der Waals surface area contributed by atoms with Gasteiger partial charge in [0.05, 0.1) is 27.0 Å². The minimum absolute atomic E-state index is 0.107. The van der Waals surface area contributed by atoms with E-state index in [0.29, 0.717) is 0 Å². The number of nitrogens with one attached hydrogen (secondary N) is 2. The monoisotopic (exact) mass is 542 g/mol. The quantitative estimate of drug-likeness (QED) is 0.198. The molecule has 0 heterocycles. The molecule has 1 saturated carbocycles. The smallest absolute Gasteiger partial charge is 0.277 e. The summed E-state index contributed by atoms with van der Waals surface area (Å²) in [6.45, 7) is 1.41. The highest BCUT2D eigenvalue weighted by Crippen LogP contribution is 2.40. The lowest BCUT2D eigenvalue weighted by Crippen LogP contribution is -2.40. The number of anilines is 2. The predicted octanol–water partition coefficient (Wildman–Crippen LogP) is 5.40. The summed E-state index contributed by atoms with van der Waals surface area (Å²) >= 11 is 13.9. The zero-order valence-corrected chi connectivity index (χ0v) is 18.1. The number of carbonyl (C=O) groups excluding carboxylic acids is 1. The van der Waals surface area contributed by atoms with Gasteiger partial charge in [-0.05, 0) is 66.6 Å². The van der Waals surface area contributed by atoms with Crippen LogP contribution in [0.5, 0.6) is 0 Å². The second-order valence-electron chi connectivity index (χ2n) is 6.52. The highest BCUT2D eigenvalue weighted by atomic mass is 127. The normalized spacial score (nSPS) is 15.8. The minimum atomic E-state index is -1.56. The average molecular weight is 543 g/mol. The number of rotatable bonds is 6. The Morgan fingerprint density at radius 1 is 1.25 bits per heavy atom. The lowest BCUT2D eigenvalue weighted by molar-refractivity contribution is -0.230. The molecule has 10 heteroatoms. The Bertz CT molecular complexity index is 940. The molecular formula is C18H15Cl2F2IN2O3. The lowest BCUT2D eigenvalue weighted by atomic mass is 10.1. The molecule has 2 aromatic rings. The summed E-state index contributed by atoms with van der Waals surface area (Å²) in [5.74, 6) is -5.24. The van der Waals surface area contributed by atoms with Gasteiger partial charge in [0, 0.05) is 9.49 Å². The summed E-state index contributed by atoms with van der Waals surface area (Å²) in [7, 11) is 0. The highest BCUT2D eigenvalue weighted by Gasteiger charge is 2.42. The van der Waals surface area contributed by atoms with Gasteiger partial charge in [-0.1, -0.05) is 23.2 Å². The fourth-order valence-electron chi connectivity index (χ4n) is 2.53. The van der Waals surface area contributed by atoms with Crippen LogP contribution in [-0.2, 0) is 4.84 Å². The molecular weight excluding hydrogens is 528 g/mol. The molecule has 2 aromatic carbocycles. The van der Waals surface area contributed by atoms with Gasteiger partial charge in [-0.3, -0.25) is 4.79 Å². The number of benzene rings is 2. The molecule has 0 aliphatic heterocycles. The van der Waals surface area contributed by atoms with E-state index >= 15 is 0 Å². The molecule has 1 aliphatic rings.